The van der Waals surface area contributed by atoms with E-state index >= 15 is 0 Å². The Labute approximate surface area is 92.4 Å². The molecule has 2 rings (SSSR count). The highest BCUT2D eigenvalue weighted by atomic mass is 16.1. The molecule has 0 aliphatic heterocycles. The maximum atomic E-state index is 11.4. The van der Waals surface area contributed by atoms with Crippen LogP contribution >= 0.6 is 0 Å². The molecule has 0 radical (unpaired) electrons. The van der Waals surface area contributed by atoms with Gasteiger partial charge in [0.25, 0.3) is 5.56 Å². The van der Waals surface area contributed by atoms with Gasteiger partial charge in [-0.2, -0.15) is 0 Å². The zero-order valence-electron chi connectivity index (χ0n) is 8.84. The summed E-state index contributed by atoms with van der Waals surface area (Å²) in [6.07, 6.45) is 1.65. The predicted molar refractivity (Wildman–Crippen MR) is 60.7 cm³/mol. The normalized spacial score (nSPS) is 12.4. The molecule has 2 heterocycles. The molecule has 2 aromatic rings. The Morgan fingerprint density at radius 1 is 1.44 bits per heavy atom. The second kappa shape index (κ2) is 4.24. The molecule has 82 valence electrons. The van der Waals surface area contributed by atoms with Crippen LogP contribution in [0.4, 0.5) is 0 Å². The van der Waals surface area contributed by atoms with Crippen LogP contribution in [0.1, 0.15) is 18.7 Å². The van der Waals surface area contributed by atoms with Gasteiger partial charge in [0.05, 0.1) is 5.69 Å². The number of hydrogen-bond acceptors (Lipinski definition) is 4. The second-order valence-corrected chi connectivity index (χ2v) is 3.52. The molecule has 0 fully saturated rings. The van der Waals surface area contributed by atoms with Crippen LogP contribution in [0.5, 0.6) is 0 Å². The molecule has 0 aliphatic carbocycles. The van der Waals surface area contributed by atoms with Crippen LogP contribution < -0.4 is 11.3 Å². The van der Waals surface area contributed by atoms with Crippen molar-refractivity contribution in [1.29, 1.82) is 0 Å². The van der Waals surface area contributed by atoms with Crippen molar-refractivity contribution >= 4 is 0 Å². The Hall–Kier alpha value is -2.01. The van der Waals surface area contributed by atoms with Gasteiger partial charge in [0, 0.05) is 18.3 Å². The van der Waals surface area contributed by atoms with E-state index in [2.05, 4.69) is 15.0 Å². The molecule has 0 saturated carbocycles. The van der Waals surface area contributed by atoms with Crippen LogP contribution in [0.15, 0.2) is 35.3 Å². The summed E-state index contributed by atoms with van der Waals surface area (Å²) in [7, 11) is 0. The summed E-state index contributed by atoms with van der Waals surface area (Å²) in [6.45, 7) is 1.78. The molecule has 5 heteroatoms. The summed E-state index contributed by atoms with van der Waals surface area (Å²) in [4.78, 5) is 22.4. The predicted octanol–water partition coefficient (Wildman–Crippen LogP) is 0.852. The van der Waals surface area contributed by atoms with Crippen molar-refractivity contribution < 1.29 is 0 Å². The number of rotatable bonds is 2. The Balaban J connectivity index is 2.54. The van der Waals surface area contributed by atoms with Gasteiger partial charge in [-0.25, -0.2) is 4.98 Å². The van der Waals surface area contributed by atoms with Gasteiger partial charge in [0.2, 0.25) is 0 Å². The minimum atomic E-state index is -0.273. The molecular formula is C11H12N4O. The second-order valence-electron chi connectivity index (χ2n) is 3.52. The highest BCUT2D eigenvalue weighted by molar-refractivity contribution is 5.48. The molecule has 5 nitrogen and oxygen atoms in total. The zero-order valence-corrected chi connectivity index (χ0v) is 8.84. The average molecular weight is 216 g/mol. The largest absolute Gasteiger partial charge is 0.323 e. The highest BCUT2D eigenvalue weighted by Crippen LogP contribution is 2.11. The van der Waals surface area contributed by atoms with Gasteiger partial charge in [0.1, 0.15) is 5.69 Å². The first-order valence-corrected chi connectivity index (χ1v) is 4.95. The van der Waals surface area contributed by atoms with Gasteiger partial charge in [0.15, 0.2) is 5.82 Å². The Morgan fingerprint density at radius 2 is 2.25 bits per heavy atom. The summed E-state index contributed by atoms with van der Waals surface area (Å²) in [5.74, 6) is 0.445. The van der Waals surface area contributed by atoms with Crippen molar-refractivity contribution in [3.8, 4) is 11.5 Å². The molecule has 0 saturated heterocycles. The summed E-state index contributed by atoms with van der Waals surface area (Å²) in [5.41, 5.74) is 6.66. The molecule has 0 aromatic carbocycles. The topological polar surface area (TPSA) is 84.7 Å². The maximum absolute atomic E-state index is 11.4. The van der Waals surface area contributed by atoms with E-state index in [4.69, 9.17) is 5.73 Å². The first-order chi connectivity index (χ1) is 7.66. The molecule has 2 aromatic heterocycles. The zero-order chi connectivity index (χ0) is 11.5. The minimum absolute atomic E-state index is 0.219. The van der Waals surface area contributed by atoms with Crippen LogP contribution in [-0.2, 0) is 0 Å². The summed E-state index contributed by atoms with van der Waals surface area (Å²) >= 11 is 0. The SMILES string of the molecule is CC(N)c1cc(=O)[nH]c(-c2ccccn2)n1. The molecule has 0 spiro atoms. The molecule has 1 unspecified atom stereocenters. The monoisotopic (exact) mass is 216 g/mol. The molecule has 0 bridgehead atoms. The van der Waals surface area contributed by atoms with Crippen LogP contribution in [-0.4, -0.2) is 15.0 Å². The van der Waals surface area contributed by atoms with Gasteiger partial charge < -0.3 is 10.7 Å². The number of nitrogens with one attached hydrogen (secondary N) is 1. The third kappa shape index (κ3) is 2.14. The van der Waals surface area contributed by atoms with Crippen LogP contribution in [0, 0.1) is 0 Å². The van der Waals surface area contributed by atoms with Gasteiger partial charge >= 0.3 is 0 Å². The van der Waals surface area contributed by atoms with E-state index < -0.39 is 0 Å². The number of H-pyrrole nitrogens is 1. The van der Waals surface area contributed by atoms with Crippen molar-refractivity contribution in [2.45, 2.75) is 13.0 Å². The maximum Gasteiger partial charge on any atom is 0.251 e. The van der Waals surface area contributed by atoms with E-state index in [1.165, 1.54) is 6.07 Å². The molecule has 16 heavy (non-hydrogen) atoms. The Bertz CT molecular complexity index is 533. The lowest BCUT2D eigenvalue weighted by Crippen LogP contribution is -2.16. The standard InChI is InChI=1S/C11H12N4O/c1-7(12)9-6-10(16)15-11(14-9)8-4-2-3-5-13-8/h2-7H,12H2,1H3,(H,14,15,16). The van der Waals surface area contributed by atoms with E-state index in [-0.39, 0.29) is 11.6 Å². The Morgan fingerprint density at radius 3 is 2.88 bits per heavy atom. The number of pyridine rings is 1. The van der Waals surface area contributed by atoms with Gasteiger partial charge in [-0.1, -0.05) is 6.07 Å². The average Bonchev–Trinajstić information content (AvgIpc) is 2.29. The summed E-state index contributed by atoms with van der Waals surface area (Å²) in [5, 5.41) is 0. The lowest BCUT2D eigenvalue weighted by Gasteiger charge is -2.06. The van der Waals surface area contributed by atoms with E-state index in [0.717, 1.165) is 0 Å². The van der Waals surface area contributed by atoms with E-state index in [0.29, 0.717) is 17.2 Å². The highest BCUT2D eigenvalue weighted by Gasteiger charge is 2.07. The Kier molecular flexibility index (Phi) is 2.78. The van der Waals surface area contributed by atoms with Gasteiger partial charge in [-0.3, -0.25) is 9.78 Å². The number of aromatic amines is 1. The first-order valence-electron chi connectivity index (χ1n) is 4.95. The molecule has 0 amide bonds. The van der Waals surface area contributed by atoms with Crippen LogP contribution in [0.25, 0.3) is 11.5 Å². The van der Waals surface area contributed by atoms with Gasteiger partial charge in [-0.15, -0.1) is 0 Å². The molecule has 3 N–H and O–H groups in total. The van der Waals surface area contributed by atoms with Crippen molar-refractivity contribution in [3.63, 3.8) is 0 Å². The fourth-order valence-electron chi connectivity index (χ4n) is 1.33. The van der Waals surface area contributed by atoms with E-state index in [9.17, 15) is 4.79 Å². The lowest BCUT2D eigenvalue weighted by atomic mass is 10.2. The molecular weight excluding hydrogens is 204 g/mol. The minimum Gasteiger partial charge on any atom is -0.323 e. The van der Waals surface area contributed by atoms with E-state index in [1.807, 2.05) is 6.07 Å². The number of hydrogen-bond donors (Lipinski definition) is 2. The number of nitrogens with two attached hydrogens (primary N) is 1. The third-order valence-corrected chi connectivity index (χ3v) is 2.14. The summed E-state index contributed by atoms with van der Waals surface area (Å²) in [6, 6.07) is 6.54. The number of aromatic nitrogens is 3. The first kappa shape index (κ1) is 10.5. The molecule has 0 aliphatic rings. The fourth-order valence-corrected chi connectivity index (χ4v) is 1.33. The third-order valence-electron chi connectivity index (χ3n) is 2.14. The van der Waals surface area contributed by atoms with Crippen molar-refractivity contribution in [2.24, 2.45) is 5.73 Å². The van der Waals surface area contributed by atoms with Gasteiger partial charge in [-0.05, 0) is 19.1 Å². The fraction of sp³-hybridized carbons (Fsp3) is 0.182. The van der Waals surface area contributed by atoms with Crippen LogP contribution in [0.2, 0.25) is 0 Å². The quantitative estimate of drug-likeness (QED) is 0.779. The van der Waals surface area contributed by atoms with Crippen LogP contribution in [0.3, 0.4) is 0 Å². The summed E-state index contributed by atoms with van der Waals surface area (Å²) < 4.78 is 0. The van der Waals surface area contributed by atoms with Crippen molar-refractivity contribution in [2.75, 3.05) is 0 Å². The van der Waals surface area contributed by atoms with Crippen molar-refractivity contribution in [1.82, 2.24) is 15.0 Å². The molecule has 1 atom stereocenters. The number of nitrogens with zero attached hydrogens (tertiary/aromatic N) is 2. The van der Waals surface area contributed by atoms with Crippen molar-refractivity contribution in [3.05, 3.63) is 46.5 Å². The lowest BCUT2D eigenvalue weighted by molar-refractivity contribution is 0.772. The smallest absolute Gasteiger partial charge is 0.251 e. The van der Waals surface area contributed by atoms with E-state index in [1.54, 1.807) is 25.3 Å².